The number of hydrogen-bond acceptors (Lipinski definition) is 2. The monoisotopic (exact) mass is 261 g/mol. The lowest BCUT2D eigenvalue weighted by Crippen LogP contribution is -2.41. The summed E-state index contributed by atoms with van der Waals surface area (Å²) < 4.78 is 0. The van der Waals surface area contributed by atoms with Crippen molar-refractivity contribution in [2.24, 2.45) is 5.92 Å². The van der Waals surface area contributed by atoms with Gasteiger partial charge in [0.25, 0.3) is 0 Å². The molecule has 98 valence electrons. The van der Waals surface area contributed by atoms with E-state index in [0.29, 0.717) is 0 Å². The second kappa shape index (κ2) is 6.12. The second-order valence-corrected chi connectivity index (χ2v) is 6.84. The van der Waals surface area contributed by atoms with Gasteiger partial charge in [0.05, 0.1) is 0 Å². The first-order chi connectivity index (χ1) is 8.92. The van der Waals surface area contributed by atoms with E-state index >= 15 is 0 Å². The molecule has 0 bridgehead atoms. The molecule has 1 aromatic carbocycles. The van der Waals surface area contributed by atoms with Gasteiger partial charge in [-0.15, -0.1) is 0 Å². The van der Waals surface area contributed by atoms with Crippen molar-refractivity contribution in [1.29, 1.82) is 0 Å². The molecule has 1 nitrogen and oxygen atoms in total. The molecule has 2 aliphatic heterocycles. The maximum atomic E-state index is 2.75. The fourth-order valence-corrected chi connectivity index (χ4v) is 4.53. The molecule has 2 aliphatic rings. The number of benzene rings is 1. The van der Waals surface area contributed by atoms with Gasteiger partial charge in [-0.25, -0.2) is 0 Å². The van der Waals surface area contributed by atoms with Gasteiger partial charge < -0.3 is 0 Å². The van der Waals surface area contributed by atoms with Crippen LogP contribution in [0.2, 0.25) is 0 Å². The summed E-state index contributed by atoms with van der Waals surface area (Å²) >= 11 is 2.14. The normalized spacial score (nSPS) is 26.6. The Hall–Kier alpha value is -0.470. The summed E-state index contributed by atoms with van der Waals surface area (Å²) in [4.78, 5) is 2.75. The quantitative estimate of drug-likeness (QED) is 0.820. The summed E-state index contributed by atoms with van der Waals surface area (Å²) in [5, 5.41) is 0. The zero-order chi connectivity index (χ0) is 12.2. The van der Waals surface area contributed by atoms with E-state index < -0.39 is 0 Å². The summed E-state index contributed by atoms with van der Waals surface area (Å²) in [6, 6.07) is 11.9. The van der Waals surface area contributed by atoms with Gasteiger partial charge in [-0.3, -0.25) is 4.90 Å². The molecule has 0 radical (unpaired) electrons. The molecule has 2 saturated heterocycles. The van der Waals surface area contributed by atoms with Gasteiger partial charge in [-0.2, -0.15) is 11.8 Å². The topological polar surface area (TPSA) is 3.24 Å². The lowest BCUT2D eigenvalue weighted by Gasteiger charge is -2.35. The van der Waals surface area contributed by atoms with Crippen molar-refractivity contribution in [3.8, 4) is 0 Å². The van der Waals surface area contributed by atoms with Crippen LogP contribution in [-0.2, 0) is 6.42 Å². The average molecular weight is 261 g/mol. The summed E-state index contributed by atoms with van der Waals surface area (Å²) in [6.07, 6.45) is 5.51. The van der Waals surface area contributed by atoms with Crippen molar-refractivity contribution < 1.29 is 0 Å². The lowest BCUT2D eigenvalue weighted by atomic mass is 9.89. The Bertz CT molecular complexity index is 351. The van der Waals surface area contributed by atoms with Crippen LogP contribution in [0, 0.1) is 5.92 Å². The van der Waals surface area contributed by atoms with Gasteiger partial charge in [0.1, 0.15) is 0 Å². The molecule has 0 aromatic heterocycles. The van der Waals surface area contributed by atoms with Crippen LogP contribution >= 0.6 is 11.8 Å². The molecule has 3 rings (SSSR count). The highest BCUT2D eigenvalue weighted by Crippen LogP contribution is 2.28. The highest BCUT2D eigenvalue weighted by atomic mass is 32.2. The largest absolute Gasteiger partial charge is 0.300 e. The minimum atomic E-state index is 0.896. The van der Waals surface area contributed by atoms with Crippen molar-refractivity contribution in [1.82, 2.24) is 4.90 Å². The summed E-state index contributed by atoms with van der Waals surface area (Å²) in [7, 11) is 0. The molecule has 0 amide bonds. The SMILES string of the molecule is c1ccc(CC2CCN(C3CCSC3)CC2)cc1. The van der Waals surface area contributed by atoms with Crippen LogP contribution in [0.3, 0.4) is 0 Å². The first-order valence-electron chi connectivity index (χ1n) is 7.27. The van der Waals surface area contributed by atoms with E-state index in [-0.39, 0.29) is 0 Å². The van der Waals surface area contributed by atoms with Gasteiger partial charge in [-0.05, 0) is 56.0 Å². The highest BCUT2D eigenvalue weighted by molar-refractivity contribution is 7.99. The Morgan fingerprint density at radius 2 is 1.83 bits per heavy atom. The first kappa shape index (κ1) is 12.6. The van der Waals surface area contributed by atoms with Crippen molar-refractivity contribution >= 4 is 11.8 Å². The molecule has 2 heterocycles. The molecule has 0 N–H and O–H groups in total. The number of nitrogens with zero attached hydrogens (tertiary/aromatic N) is 1. The Morgan fingerprint density at radius 3 is 2.50 bits per heavy atom. The smallest absolute Gasteiger partial charge is 0.0194 e. The predicted molar refractivity (Wildman–Crippen MR) is 80.2 cm³/mol. The Labute approximate surface area is 115 Å². The molecule has 1 atom stereocenters. The Kier molecular flexibility index (Phi) is 4.27. The number of thioether (sulfide) groups is 1. The van der Waals surface area contributed by atoms with E-state index in [1.165, 1.54) is 55.8 Å². The molecule has 2 heteroatoms. The first-order valence-corrected chi connectivity index (χ1v) is 8.43. The van der Waals surface area contributed by atoms with E-state index in [1.54, 1.807) is 0 Å². The van der Waals surface area contributed by atoms with Crippen LogP contribution in [0.4, 0.5) is 0 Å². The van der Waals surface area contributed by atoms with Crippen LogP contribution in [0.1, 0.15) is 24.8 Å². The van der Waals surface area contributed by atoms with Crippen LogP contribution in [-0.4, -0.2) is 35.5 Å². The second-order valence-electron chi connectivity index (χ2n) is 5.69. The minimum absolute atomic E-state index is 0.896. The van der Waals surface area contributed by atoms with E-state index in [9.17, 15) is 0 Å². The van der Waals surface area contributed by atoms with E-state index in [0.717, 1.165) is 12.0 Å². The van der Waals surface area contributed by atoms with Crippen LogP contribution < -0.4 is 0 Å². The highest BCUT2D eigenvalue weighted by Gasteiger charge is 2.27. The average Bonchev–Trinajstić information content (AvgIpc) is 2.95. The third-order valence-corrected chi connectivity index (χ3v) is 5.58. The molecule has 18 heavy (non-hydrogen) atoms. The fourth-order valence-electron chi connectivity index (χ4n) is 3.28. The van der Waals surface area contributed by atoms with Gasteiger partial charge in [0.15, 0.2) is 0 Å². The van der Waals surface area contributed by atoms with Crippen molar-refractivity contribution in [3.05, 3.63) is 35.9 Å². The fraction of sp³-hybridized carbons (Fsp3) is 0.625. The van der Waals surface area contributed by atoms with Crippen molar-refractivity contribution in [3.63, 3.8) is 0 Å². The predicted octanol–water partition coefficient (Wildman–Crippen LogP) is 3.45. The molecule has 0 saturated carbocycles. The maximum Gasteiger partial charge on any atom is 0.0194 e. The molecular weight excluding hydrogens is 238 g/mol. The van der Waals surface area contributed by atoms with Crippen LogP contribution in [0.25, 0.3) is 0 Å². The third kappa shape index (κ3) is 3.10. The Morgan fingerprint density at radius 1 is 1.06 bits per heavy atom. The van der Waals surface area contributed by atoms with Gasteiger partial charge in [0.2, 0.25) is 0 Å². The number of likely N-dealkylation sites (tertiary alicyclic amines) is 1. The van der Waals surface area contributed by atoms with Gasteiger partial charge in [-0.1, -0.05) is 30.3 Å². The summed E-state index contributed by atoms with van der Waals surface area (Å²) in [6.45, 7) is 2.67. The number of rotatable bonds is 3. The number of hydrogen-bond donors (Lipinski definition) is 0. The lowest BCUT2D eigenvalue weighted by molar-refractivity contribution is 0.143. The maximum absolute atomic E-state index is 2.75. The zero-order valence-corrected chi connectivity index (χ0v) is 11.9. The standard InChI is InChI=1S/C16H23NS/c1-2-4-14(5-3-1)12-15-6-9-17(10-7-15)16-8-11-18-13-16/h1-5,15-16H,6-13H2. The molecule has 1 unspecified atom stereocenters. The van der Waals surface area contributed by atoms with Gasteiger partial charge in [0, 0.05) is 11.8 Å². The van der Waals surface area contributed by atoms with E-state index in [1.807, 2.05) is 0 Å². The Balaban J connectivity index is 1.48. The molecule has 2 fully saturated rings. The van der Waals surface area contributed by atoms with Gasteiger partial charge >= 0.3 is 0 Å². The van der Waals surface area contributed by atoms with Crippen molar-refractivity contribution in [2.45, 2.75) is 31.7 Å². The minimum Gasteiger partial charge on any atom is -0.300 e. The molecular formula is C16H23NS. The number of piperidine rings is 1. The van der Waals surface area contributed by atoms with Crippen LogP contribution in [0.5, 0.6) is 0 Å². The summed E-state index contributed by atoms with van der Waals surface area (Å²) in [5.74, 6) is 3.68. The summed E-state index contributed by atoms with van der Waals surface area (Å²) in [5.41, 5.74) is 1.52. The van der Waals surface area contributed by atoms with Crippen molar-refractivity contribution in [2.75, 3.05) is 24.6 Å². The van der Waals surface area contributed by atoms with Crippen LogP contribution in [0.15, 0.2) is 30.3 Å². The zero-order valence-electron chi connectivity index (χ0n) is 11.1. The van der Waals surface area contributed by atoms with E-state index in [4.69, 9.17) is 0 Å². The van der Waals surface area contributed by atoms with E-state index in [2.05, 4.69) is 47.0 Å². The molecule has 0 aliphatic carbocycles. The third-order valence-electron chi connectivity index (χ3n) is 4.44. The molecule has 0 spiro atoms. The molecule has 1 aromatic rings.